The molecular formula is C17H19F2N3O. The summed E-state index contributed by atoms with van der Waals surface area (Å²) in [4.78, 5) is 10.2. The number of benzene rings is 1. The lowest BCUT2D eigenvalue weighted by atomic mass is 9.98. The Kier molecular flexibility index (Phi) is 5.12. The van der Waals surface area contributed by atoms with Gasteiger partial charge in [0.05, 0.1) is 12.8 Å². The van der Waals surface area contributed by atoms with E-state index in [1.807, 2.05) is 0 Å². The number of piperidine rings is 1. The maximum atomic E-state index is 13.8. The first-order valence-electron chi connectivity index (χ1n) is 7.76. The molecule has 0 aliphatic carbocycles. The molecular weight excluding hydrogens is 300 g/mol. The van der Waals surface area contributed by atoms with Crippen LogP contribution in [0.5, 0.6) is 5.88 Å². The van der Waals surface area contributed by atoms with Crippen LogP contribution in [0.15, 0.2) is 36.8 Å². The van der Waals surface area contributed by atoms with Gasteiger partial charge in [-0.15, -0.1) is 0 Å². The van der Waals surface area contributed by atoms with Crippen LogP contribution >= 0.6 is 0 Å². The Bertz CT molecular complexity index is 639. The van der Waals surface area contributed by atoms with E-state index in [1.165, 1.54) is 12.1 Å². The first-order chi connectivity index (χ1) is 11.2. The second-order valence-corrected chi connectivity index (χ2v) is 5.83. The number of hydrogen-bond acceptors (Lipinski definition) is 4. The molecule has 1 atom stereocenters. The van der Waals surface area contributed by atoms with Gasteiger partial charge in [0.15, 0.2) is 0 Å². The summed E-state index contributed by atoms with van der Waals surface area (Å²) in [6.45, 7) is 2.67. The lowest BCUT2D eigenvalue weighted by molar-refractivity contribution is 0.122. The molecule has 0 bridgehead atoms. The van der Waals surface area contributed by atoms with Gasteiger partial charge in [-0.1, -0.05) is 0 Å². The lowest BCUT2D eigenvalue weighted by Gasteiger charge is -2.32. The minimum atomic E-state index is -0.402. The quantitative estimate of drug-likeness (QED) is 0.849. The summed E-state index contributed by atoms with van der Waals surface area (Å²) in [5.41, 5.74) is 0.403. The SMILES string of the molecule is Fc1ccc(F)c(CN2CCCC(COc3cnccn3)C2)c1. The Morgan fingerprint density at radius 3 is 3.00 bits per heavy atom. The molecule has 0 radical (unpaired) electrons. The minimum Gasteiger partial charge on any atom is -0.476 e. The van der Waals surface area contributed by atoms with Crippen LogP contribution in [0.3, 0.4) is 0 Å². The van der Waals surface area contributed by atoms with E-state index in [-0.39, 0.29) is 5.82 Å². The molecule has 23 heavy (non-hydrogen) atoms. The van der Waals surface area contributed by atoms with Crippen molar-refractivity contribution >= 4 is 0 Å². The van der Waals surface area contributed by atoms with Crippen LogP contribution < -0.4 is 4.74 Å². The summed E-state index contributed by atoms with van der Waals surface area (Å²) in [6.07, 6.45) is 6.86. The van der Waals surface area contributed by atoms with Crippen LogP contribution in [0, 0.1) is 17.6 Å². The number of hydrogen-bond donors (Lipinski definition) is 0. The fourth-order valence-electron chi connectivity index (χ4n) is 2.90. The molecule has 1 saturated heterocycles. The van der Waals surface area contributed by atoms with Crippen molar-refractivity contribution < 1.29 is 13.5 Å². The summed E-state index contributed by atoms with van der Waals surface area (Å²) in [5.74, 6) is 0.105. The molecule has 4 nitrogen and oxygen atoms in total. The Morgan fingerprint density at radius 2 is 2.17 bits per heavy atom. The smallest absolute Gasteiger partial charge is 0.232 e. The molecule has 2 heterocycles. The zero-order chi connectivity index (χ0) is 16.1. The van der Waals surface area contributed by atoms with E-state index >= 15 is 0 Å². The van der Waals surface area contributed by atoms with E-state index in [2.05, 4.69) is 14.9 Å². The molecule has 1 aromatic carbocycles. The molecule has 0 spiro atoms. The standard InChI is InChI=1S/C17H19F2N3O/c18-15-3-4-16(19)14(8-15)11-22-7-1-2-13(10-22)12-23-17-9-20-5-6-21-17/h3-6,8-9,13H,1-2,7,10-12H2. The van der Waals surface area contributed by atoms with Gasteiger partial charge in [-0.05, 0) is 37.6 Å². The van der Waals surface area contributed by atoms with Gasteiger partial charge in [-0.2, -0.15) is 0 Å². The van der Waals surface area contributed by atoms with Crippen molar-refractivity contribution in [3.63, 3.8) is 0 Å². The topological polar surface area (TPSA) is 38.2 Å². The Labute approximate surface area is 134 Å². The average Bonchev–Trinajstić information content (AvgIpc) is 2.58. The molecule has 0 saturated carbocycles. The van der Waals surface area contributed by atoms with Crippen molar-refractivity contribution in [3.05, 3.63) is 54.0 Å². The molecule has 1 aliphatic rings. The zero-order valence-corrected chi connectivity index (χ0v) is 12.8. The van der Waals surface area contributed by atoms with Gasteiger partial charge in [0.25, 0.3) is 0 Å². The van der Waals surface area contributed by atoms with Crippen LogP contribution in [0.1, 0.15) is 18.4 Å². The molecule has 3 rings (SSSR count). The van der Waals surface area contributed by atoms with E-state index in [1.54, 1.807) is 18.6 Å². The number of rotatable bonds is 5. The maximum absolute atomic E-state index is 13.8. The summed E-state index contributed by atoms with van der Waals surface area (Å²) >= 11 is 0. The predicted octanol–water partition coefficient (Wildman–Crippen LogP) is 3.05. The van der Waals surface area contributed by atoms with Gasteiger partial charge in [0.1, 0.15) is 11.6 Å². The Morgan fingerprint density at radius 1 is 1.26 bits per heavy atom. The lowest BCUT2D eigenvalue weighted by Crippen LogP contribution is -2.37. The minimum absolute atomic E-state index is 0.349. The predicted molar refractivity (Wildman–Crippen MR) is 81.9 cm³/mol. The second-order valence-electron chi connectivity index (χ2n) is 5.83. The van der Waals surface area contributed by atoms with E-state index in [0.29, 0.717) is 30.5 Å². The molecule has 0 amide bonds. The summed E-state index contributed by atoms with van der Waals surface area (Å²) in [7, 11) is 0. The van der Waals surface area contributed by atoms with Crippen molar-refractivity contribution in [3.8, 4) is 5.88 Å². The fourth-order valence-corrected chi connectivity index (χ4v) is 2.90. The molecule has 1 fully saturated rings. The first-order valence-corrected chi connectivity index (χ1v) is 7.76. The highest BCUT2D eigenvalue weighted by molar-refractivity contribution is 5.18. The van der Waals surface area contributed by atoms with Gasteiger partial charge < -0.3 is 4.74 Å². The van der Waals surface area contributed by atoms with Crippen molar-refractivity contribution in [1.82, 2.24) is 14.9 Å². The second kappa shape index (κ2) is 7.46. The van der Waals surface area contributed by atoms with Crippen molar-refractivity contribution in [1.29, 1.82) is 0 Å². The summed E-state index contributed by atoms with van der Waals surface area (Å²) < 4.78 is 32.7. The first kappa shape index (κ1) is 15.8. The van der Waals surface area contributed by atoms with Gasteiger partial charge >= 0.3 is 0 Å². The zero-order valence-electron chi connectivity index (χ0n) is 12.8. The van der Waals surface area contributed by atoms with Crippen LogP contribution in [0.4, 0.5) is 8.78 Å². The summed E-state index contributed by atoms with van der Waals surface area (Å²) in [5, 5.41) is 0. The van der Waals surface area contributed by atoms with Crippen LogP contribution in [0.25, 0.3) is 0 Å². The molecule has 1 aliphatic heterocycles. The maximum Gasteiger partial charge on any atom is 0.232 e. The van der Waals surface area contributed by atoms with Crippen molar-refractivity contribution in [2.75, 3.05) is 19.7 Å². The third-order valence-electron chi connectivity index (χ3n) is 4.01. The Balaban J connectivity index is 1.54. The fraction of sp³-hybridized carbons (Fsp3) is 0.412. The van der Waals surface area contributed by atoms with E-state index in [4.69, 9.17) is 4.74 Å². The third kappa shape index (κ3) is 4.45. The number of nitrogens with zero attached hydrogens (tertiary/aromatic N) is 3. The monoisotopic (exact) mass is 319 g/mol. The number of halogens is 2. The van der Waals surface area contributed by atoms with E-state index in [0.717, 1.165) is 32.0 Å². The normalized spacial score (nSPS) is 18.8. The van der Waals surface area contributed by atoms with Crippen LogP contribution in [0.2, 0.25) is 0 Å². The van der Waals surface area contributed by atoms with Gasteiger partial charge in [0.2, 0.25) is 5.88 Å². The molecule has 6 heteroatoms. The number of ether oxygens (including phenoxy) is 1. The molecule has 2 aromatic rings. The number of likely N-dealkylation sites (tertiary alicyclic amines) is 1. The van der Waals surface area contributed by atoms with Gasteiger partial charge in [-0.3, -0.25) is 9.88 Å². The largest absolute Gasteiger partial charge is 0.476 e. The summed E-state index contributed by atoms with van der Waals surface area (Å²) in [6, 6.07) is 3.60. The van der Waals surface area contributed by atoms with E-state index < -0.39 is 5.82 Å². The Hall–Kier alpha value is -2.08. The average molecular weight is 319 g/mol. The van der Waals surface area contributed by atoms with Gasteiger partial charge in [0, 0.05) is 37.0 Å². The highest BCUT2D eigenvalue weighted by Crippen LogP contribution is 2.21. The molecule has 1 aromatic heterocycles. The van der Waals surface area contributed by atoms with Crippen molar-refractivity contribution in [2.24, 2.45) is 5.92 Å². The molecule has 1 unspecified atom stereocenters. The van der Waals surface area contributed by atoms with Gasteiger partial charge in [-0.25, -0.2) is 13.8 Å². The van der Waals surface area contributed by atoms with E-state index in [9.17, 15) is 8.78 Å². The highest BCUT2D eigenvalue weighted by atomic mass is 19.1. The molecule has 0 N–H and O–H groups in total. The highest BCUT2D eigenvalue weighted by Gasteiger charge is 2.21. The third-order valence-corrected chi connectivity index (χ3v) is 4.01. The van der Waals surface area contributed by atoms with Crippen LogP contribution in [-0.4, -0.2) is 34.6 Å². The number of aromatic nitrogens is 2. The van der Waals surface area contributed by atoms with Crippen molar-refractivity contribution in [2.45, 2.75) is 19.4 Å². The van der Waals surface area contributed by atoms with Crippen LogP contribution in [-0.2, 0) is 6.54 Å². The molecule has 122 valence electrons.